The Morgan fingerprint density at radius 3 is 2.70 bits per heavy atom. The number of ketones is 1. The van der Waals surface area contributed by atoms with Crippen molar-refractivity contribution in [2.45, 2.75) is 58.8 Å². The van der Waals surface area contributed by atoms with Gasteiger partial charge in [-0.05, 0) is 68.2 Å². The number of allylic oxidation sites excluding steroid dienone is 4. The van der Waals surface area contributed by atoms with Crippen LogP contribution in [0.2, 0.25) is 0 Å². The van der Waals surface area contributed by atoms with Crippen molar-refractivity contribution in [3.05, 3.63) is 22.8 Å². The van der Waals surface area contributed by atoms with E-state index in [1.165, 1.54) is 11.1 Å². The van der Waals surface area contributed by atoms with Gasteiger partial charge >= 0.3 is 0 Å². The van der Waals surface area contributed by atoms with Gasteiger partial charge in [-0.15, -0.1) is 0 Å². The molecule has 3 heteroatoms. The van der Waals surface area contributed by atoms with Crippen molar-refractivity contribution in [3.8, 4) is 0 Å². The molecule has 0 amide bonds. The number of fused-ring (bicyclic) bond motifs is 3. The van der Waals surface area contributed by atoms with Gasteiger partial charge in [-0.1, -0.05) is 18.6 Å². The van der Waals surface area contributed by atoms with Crippen molar-refractivity contribution in [2.24, 2.45) is 10.8 Å². The summed E-state index contributed by atoms with van der Waals surface area (Å²) in [5, 5.41) is -0.196. The molecule has 0 N–H and O–H groups in total. The fourth-order valence-electron chi connectivity index (χ4n) is 4.68. The number of rotatable bonds is 1. The van der Waals surface area contributed by atoms with E-state index in [0.29, 0.717) is 6.42 Å². The van der Waals surface area contributed by atoms with Gasteiger partial charge in [0.2, 0.25) is 5.24 Å². The van der Waals surface area contributed by atoms with Gasteiger partial charge in [-0.2, -0.15) is 0 Å². The molecule has 0 spiro atoms. The van der Waals surface area contributed by atoms with E-state index >= 15 is 0 Å². The highest BCUT2D eigenvalue weighted by Crippen LogP contribution is 2.61. The first-order chi connectivity index (χ1) is 9.42. The van der Waals surface area contributed by atoms with Crippen molar-refractivity contribution in [2.75, 3.05) is 0 Å². The van der Waals surface area contributed by atoms with Crippen LogP contribution in [-0.2, 0) is 9.59 Å². The summed E-state index contributed by atoms with van der Waals surface area (Å²) in [6.07, 6.45) is 8.21. The summed E-state index contributed by atoms with van der Waals surface area (Å²) >= 11 is 6.02. The van der Waals surface area contributed by atoms with E-state index in [1.54, 1.807) is 0 Å². The summed E-state index contributed by atoms with van der Waals surface area (Å²) < 4.78 is 0. The Kier molecular flexibility index (Phi) is 3.20. The Morgan fingerprint density at radius 1 is 1.25 bits per heavy atom. The fourth-order valence-corrected chi connectivity index (χ4v) is 4.97. The number of hydrogen-bond acceptors (Lipinski definition) is 2. The minimum Gasteiger partial charge on any atom is -0.295 e. The lowest BCUT2D eigenvalue weighted by atomic mass is 9.51. The summed E-state index contributed by atoms with van der Waals surface area (Å²) in [7, 11) is 0. The number of Topliss-reactive ketones (excluding diaryl/α,β-unsaturated/α-hetero) is 1. The third-order valence-corrected chi connectivity index (χ3v) is 6.19. The van der Waals surface area contributed by atoms with Gasteiger partial charge in [0.15, 0.2) is 5.78 Å². The van der Waals surface area contributed by atoms with Gasteiger partial charge < -0.3 is 0 Å². The summed E-state index contributed by atoms with van der Waals surface area (Å²) in [5.41, 5.74) is 2.82. The molecule has 3 aliphatic carbocycles. The third-order valence-electron chi connectivity index (χ3n) is 5.83. The largest absolute Gasteiger partial charge is 0.295 e. The predicted octanol–water partition coefficient (Wildman–Crippen LogP) is 4.33. The molecule has 0 unspecified atom stereocenters. The van der Waals surface area contributed by atoms with Crippen LogP contribution < -0.4 is 0 Å². The normalized spacial score (nSPS) is 37.1. The topological polar surface area (TPSA) is 34.1 Å². The summed E-state index contributed by atoms with van der Waals surface area (Å²) in [4.78, 5) is 24.2. The van der Waals surface area contributed by atoms with E-state index < -0.39 is 5.41 Å². The van der Waals surface area contributed by atoms with Crippen molar-refractivity contribution in [3.63, 3.8) is 0 Å². The summed E-state index contributed by atoms with van der Waals surface area (Å²) in [6.45, 7) is 4.16. The van der Waals surface area contributed by atoms with Gasteiger partial charge in [0, 0.05) is 11.8 Å². The van der Waals surface area contributed by atoms with Crippen LogP contribution in [0, 0.1) is 10.8 Å². The first kappa shape index (κ1) is 14.1. The second kappa shape index (κ2) is 4.56. The van der Waals surface area contributed by atoms with Gasteiger partial charge in [0.1, 0.15) is 0 Å². The molecule has 0 radical (unpaired) electrons. The van der Waals surface area contributed by atoms with E-state index in [4.69, 9.17) is 11.6 Å². The van der Waals surface area contributed by atoms with E-state index in [-0.39, 0.29) is 16.4 Å². The minimum atomic E-state index is -0.460. The lowest BCUT2D eigenvalue weighted by molar-refractivity contribution is -0.121. The first-order valence-corrected chi connectivity index (χ1v) is 7.94. The Bertz CT molecular complexity index is 557. The molecule has 0 aromatic carbocycles. The van der Waals surface area contributed by atoms with Crippen molar-refractivity contribution in [1.82, 2.24) is 0 Å². The molecular formula is C17H21ClO2. The molecule has 2 atom stereocenters. The van der Waals surface area contributed by atoms with Crippen LogP contribution >= 0.6 is 11.6 Å². The average molecular weight is 293 g/mol. The van der Waals surface area contributed by atoms with Crippen LogP contribution in [0.25, 0.3) is 0 Å². The predicted molar refractivity (Wildman–Crippen MR) is 79.5 cm³/mol. The van der Waals surface area contributed by atoms with Gasteiger partial charge in [-0.25, -0.2) is 0 Å². The van der Waals surface area contributed by atoms with Gasteiger partial charge in [0.05, 0.1) is 5.41 Å². The number of carbonyl (C=O) groups excluding carboxylic acids is 2. The number of hydrogen-bond donors (Lipinski definition) is 0. The average Bonchev–Trinajstić information content (AvgIpc) is 2.43. The van der Waals surface area contributed by atoms with Gasteiger partial charge in [0.25, 0.3) is 0 Å². The molecule has 0 aromatic heterocycles. The van der Waals surface area contributed by atoms with Crippen LogP contribution in [0.5, 0.6) is 0 Å². The number of carbonyl (C=O) groups is 2. The van der Waals surface area contributed by atoms with Crippen LogP contribution in [0.3, 0.4) is 0 Å². The van der Waals surface area contributed by atoms with Crippen molar-refractivity contribution < 1.29 is 9.59 Å². The molecule has 2 nitrogen and oxygen atoms in total. The molecule has 108 valence electrons. The van der Waals surface area contributed by atoms with Gasteiger partial charge in [-0.3, -0.25) is 9.59 Å². The highest BCUT2D eigenvalue weighted by Gasteiger charge is 2.54. The molecule has 0 heterocycles. The number of halogens is 1. The first-order valence-electron chi connectivity index (χ1n) is 7.56. The maximum atomic E-state index is 12.2. The maximum Gasteiger partial charge on any atom is 0.231 e. The zero-order chi connectivity index (χ0) is 14.5. The molecule has 1 fully saturated rings. The lowest BCUT2D eigenvalue weighted by Crippen LogP contribution is -2.46. The molecule has 0 bridgehead atoms. The van der Waals surface area contributed by atoms with Crippen molar-refractivity contribution >= 4 is 22.6 Å². The Balaban J connectivity index is 2.18. The van der Waals surface area contributed by atoms with E-state index in [2.05, 4.69) is 13.0 Å². The van der Waals surface area contributed by atoms with E-state index in [1.807, 2.05) is 6.92 Å². The smallest absolute Gasteiger partial charge is 0.231 e. The second-order valence-corrected chi connectivity index (χ2v) is 7.07. The molecular weight excluding hydrogens is 272 g/mol. The molecule has 1 saturated carbocycles. The minimum absolute atomic E-state index is 0.124. The Labute approximate surface area is 125 Å². The summed E-state index contributed by atoms with van der Waals surface area (Å²) in [6, 6.07) is 0. The maximum absolute atomic E-state index is 12.2. The second-order valence-electron chi connectivity index (χ2n) is 6.72. The highest BCUT2D eigenvalue weighted by atomic mass is 35.5. The van der Waals surface area contributed by atoms with Crippen molar-refractivity contribution in [1.29, 1.82) is 0 Å². The molecule has 20 heavy (non-hydrogen) atoms. The molecule has 0 aromatic rings. The molecule has 3 rings (SSSR count). The fraction of sp³-hybridized carbons (Fsp3) is 0.647. The zero-order valence-corrected chi connectivity index (χ0v) is 13.0. The third kappa shape index (κ3) is 1.70. The molecule has 0 saturated heterocycles. The van der Waals surface area contributed by atoms with E-state index in [9.17, 15) is 9.59 Å². The molecule has 0 aliphatic heterocycles. The van der Waals surface area contributed by atoms with E-state index in [0.717, 1.165) is 44.1 Å². The van der Waals surface area contributed by atoms with Crippen LogP contribution in [-0.4, -0.2) is 11.0 Å². The standard InChI is InChI=1S/C17H21ClO2/c1-11-12-6-10-17(15(18)20)8-4-3-5-14(17)16(12,2)9-7-13(11)19/h5H,3-4,6-10H2,1-2H3/t16-,17-/m0/s1. The Hall–Kier alpha value is -0.890. The summed E-state index contributed by atoms with van der Waals surface area (Å²) in [5.74, 6) is 0.276. The quantitative estimate of drug-likeness (QED) is 0.532. The SMILES string of the molecule is CC1=C2CC[C@@]3(C(=O)Cl)CCCC=C3[C@@]2(C)CCC1=O. The van der Waals surface area contributed by atoms with Crippen LogP contribution in [0.15, 0.2) is 22.8 Å². The monoisotopic (exact) mass is 292 g/mol. The lowest BCUT2D eigenvalue weighted by Gasteiger charge is -2.52. The Morgan fingerprint density at radius 2 is 2.00 bits per heavy atom. The highest BCUT2D eigenvalue weighted by molar-refractivity contribution is 6.65. The van der Waals surface area contributed by atoms with Crippen LogP contribution in [0.4, 0.5) is 0 Å². The van der Waals surface area contributed by atoms with Crippen LogP contribution in [0.1, 0.15) is 58.8 Å². The zero-order valence-electron chi connectivity index (χ0n) is 12.2. The molecule has 3 aliphatic rings.